The van der Waals surface area contributed by atoms with Crippen molar-refractivity contribution in [1.29, 1.82) is 0 Å². The first-order chi connectivity index (χ1) is 8.96. The first-order valence-electron chi connectivity index (χ1n) is 6.68. The van der Waals surface area contributed by atoms with Crippen molar-refractivity contribution in [2.24, 2.45) is 0 Å². The average Bonchev–Trinajstić information content (AvgIpc) is 2.95. The van der Waals surface area contributed by atoms with Crippen LogP contribution in [0.1, 0.15) is 43.1 Å². The second-order valence-corrected chi connectivity index (χ2v) is 6.99. The molecule has 0 unspecified atom stereocenters. The number of aromatic nitrogens is 3. The van der Waals surface area contributed by atoms with E-state index in [1.807, 2.05) is 22.2 Å². The Labute approximate surface area is 118 Å². The number of aryl methyl sites for hydroxylation is 1. The molecule has 2 aromatic heterocycles. The summed E-state index contributed by atoms with van der Waals surface area (Å²) in [5.41, 5.74) is 1.09. The van der Waals surface area contributed by atoms with Gasteiger partial charge in [-0.15, -0.1) is 16.4 Å². The van der Waals surface area contributed by atoms with Gasteiger partial charge in [-0.25, -0.2) is 4.68 Å². The highest BCUT2D eigenvalue weighted by atomic mass is 32.1. The molecule has 104 valence electrons. The molecular formula is C14H22N4S. The molecule has 2 rings (SSSR count). The van der Waals surface area contributed by atoms with Gasteiger partial charge >= 0.3 is 0 Å². The molecule has 0 aromatic carbocycles. The second-order valence-electron chi connectivity index (χ2n) is 5.73. The summed E-state index contributed by atoms with van der Waals surface area (Å²) in [6.45, 7) is 10.2. The van der Waals surface area contributed by atoms with Crippen molar-refractivity contribution in [3.05, 3.63) is 33.8 Å². The molecule has 0 spiro atoms. The summed E-state index contributed by atoms with van der Waals surface area (Å²) in [4.78, 5) is 2.75. The maximum atomic E-state index is 4.20. The number of hydrogen-bond acceptors (Lipinski definition) is 4. The molecule has 0 atom stereocenters. The largest absolute Gasteiger partial charge is 0.306 e. The normalized spacial score (nSPS) is 12.0. The second kappa shape index (κ2) is 5.84. The highest BCUT2D eigenvalue weighted by Crippen LogP contribution is 2.17. The summed E-state index contributed by atoms with van der Waals surface area (Å²) in [6.07, 6.45) is 3.12. The van der Waals surface area contributed by atoms with Gasteiger partial charge in [-0.2, -0.15) is 0 Å². The Balaban J connectivity index is 1.93. The molecule has 0 fully saturated rings. The summed E-state index contributed by atoms with van der Waals surface area (Å²) >= 11 is 1.85. The molecule has 0 amide bonds. The molecule has 0 saturated heterocycles. The van der Waals surface area contributed by atoms with Crippen LogP contribution in [0.2, 0.25) is 0 Å². The van der Waals surface area contributed by atoms with Gasteiger partial charge in [-0.1, -0.05) is 12.1 Å². The van der Waals surface area contributed by atoms with E-state index in [2.05, 4.69) is 55.5 Å². The van der Waals surface area contributed by atoms with Crippen molar-refractivity contribution in [3.63, 3.8) is 0 Å². The van der Waals surface area contributed by atoms with Crippen LogP contribution in [0, 0.1) is 0 Å². The standard InChI is InChI=1S/C14H22N4S/c1-5-12-6-7-13(19-12)10-18-9-11(16-17-18)8-15-14(2,3)4/h6-7,9,15H,5,8,10H2,1-4H3. The number of hydrogen-bond donors (Lipinski definition) is 1. The molecule has 0 bridgehead atoms. The molecular weight excluding hydrogens is 256 g/mol. The van der Waals surface area contributed by atoms with Crippen LogP contribution in [0.3, 0.4) is 0 Å². The van der Waals surface area contributed by atoms with Gasteiger partial charge < -0.3 is 5.32 Å². The smallest absolute Gasteiger partial charge is 0.0965 e. The minimum Gasteiger partial charge on any atom is -0.306 e. The number of nitrogens with one attached hydrogen (secondary N) is 1. The zero-order valence-corrected chi connectivity index (χ0v) is 12.9. The maximum absolute atomic E-state index is 4.20. The summed E-state index contributed by atoms with van der Waals surface area (Å²) in [5.74, 6) is 0. The predicted molar refractivity (Wildman–Crippen MR) is 79.4 cm³/mol. The van der Waals surface area contributed by atoms with Crippen molar-refractivity contribution >= 4 is 11.3 Å². The van der Waals surface area contributed by atoms with Crippen LogP contribution < -0.4 is 5.32 Å². The first kappa shape index (κ1) is 14.2. The Morgan fingerprint density at radius 1 is 1.26 bits per heavy atom. The first-order valence-corrected chi connectivity index (χ1v) is 7.49. The van der Waals surface area contributed by atoms with Crippen molar-refractivity contribution in [1.82, 2.24) is 20.3 Å². The lowest BCUT2D eigenvalue weighted by Gasteiger charge is -2.19. The van der Waals surface area contributed by atoms with E-state index in [0.717, 1.165) is 25.2 Å². The van der Waals surface area contributed by atoms with Gasteiger partial charge in [0.25, 0.3) is 0 Å². The van der Waals surface area contributed by atoms with Crippen LogP contribution >= 0.6 is 11.3 Å². The monoisotopic (exact) mass is 278 g/mol. The van der Waals surface area contributed by atoms with Gasteiger partial charge in [0.2, 0.25) is 0 Å². The van der Waals surface area contributed by atoms with Crippen molar-refractivity contribution in [2.75, 3.05) is 0 Å². The lowest BCUT2D eigenvalue weighted by molar-refractivity contribution is 0.421. The highest BCUT2D eigenvalue weighted by molar-refractivity contribution is 7.11. The van der Waals surface area contributed by atoms with Crippen LogP contribution in [0.4, 0.5) is 0 Å². The fraction of sp³-hybridized carbons (Fsp3) is 0.571. The Hall–Kier alpha value is -1.20. The Bertz CT molecular complexity index is 522. The Kier molecular flexibility index (Phi) is 4.37. The summed E-state index contributed by atoms with van der Waals surface area (Å²) in [5, 5.41) is 11.8. The molecule has 0 aliphatic rings. The van der Waals surface area contributed by atoms with Gasteiger partial charge in [0.15, 0.2) is 0 Å². The zero-order valence-electron chi connectivity index (χ0n) is 12.1. The predicted octanol–water partition coefficient (Wildman–Crippen LogP) is 2.84. The van der Waals surface area contributed by atoms with E-state index in [4.69, 9.17) is 0 Å². The minimum absolute atomic E-state index is 0.105. The molecule has 0 aliphatic carbocycles. The molecule has 0 aliphatic heterocycles. The van der Waals surface area contributed by atoms with Gasteiger partial charge in [-0.05, 0) is 39.3 Å². The van der Waals surface area contributed by atoms with Gasteiger partial charge in [0.1, 0.15) is 0 Å². The van der Waals surface area contributed by atoms with Crippen LogP contribution in [0.5, 0.6) is 0 Å². The van der Waals surface area contributed by atoms with Gasteiger partial charge in [0.05, 0.1) is 18.4 Å². The molecule has 1 N–H and O–H groups in total. The average molecular weight is 278 g/mol. The topological polar surface area (TPSA) is 42.7 Å². The van der Waals surface area contributed by atoms with E-state index in [0.29, 0.717) is 0 Å². The third-order valence-corrected chi connectivity index (χ3v) is 3.98. The molecule has 2 heterocycles. The van der Waals surface area contributed by atoms with E-state index in [-0.39, 0.29) is 5.54 Å². The SMILES string of the molecule is CCc1ccc(Cn2cc(CNC(C)(C)C)nn2)s1. The Morgan fingerprint density at radius 3 is 2.63 bits per heavy atom. The van der Waals surface area contributed by atoms with E-state index in [1.165, 1.54) is 9.75 Å². The van der Waals surface area contributed by atoms with Gasteiger partial charge in [-0.3, -0.25) is 0 Å². The van der Waals surface area contributed by atoms with E-state index < -0.39 is 0 Å². The summed E-state index contributed by atoms with van der Waals surface area (Å²) < 4.78 is 1.91. The van der Waals surface area contributed by atoms with Crippen molar-refractivity contribution < 1.29 is 0 Å². The summed E-state index contributed by atoms with van der Waals surface area (Å²) in [7, 11) is 0. The lowest BCUT2D eigenvalue weighted by Crippen LogP contribution is -2.35. The van der Waals surface area contributed by atoms with Crippen LogP contribution in [-0.4, -0.2) is 20.5 Å². The van der Waals surface area contributed by atoms with Crippen LogP contribution in [0.15, 0.2) is 18.3 Å². The third kappa shape index (κ3) is 4.44. The number of nitrogens with zero attached hydrogens (tertiary/aromatic N) is 3. The third-order valence-electron chi connectivity index (χ3n) is 2.77. The molecule has 5 heteroatoms. The maximum Gasteiger partial charge on any atom is 0.0965 e. The molecule has 19 heavy (non-hydrogen) atoms. The quantitative estimate of drug-likeness (QED) is 0.914. The van der Waals surface area contributed by atoms with E-state index in [9.17, 15) is 0 Å². The van der Waals surface area contributed by atoms with Gasteiger partial charge in [0, 0.05) is 21.8 Å². The zero-order chi connectivity index (χ0) is 13.9. The van der Waals surface area contributed by atoms with E-state index in [1.54, 1.807) is 0 Å². The lowest BCUT2D eigenvalue weighted by atomic mass is 10.1. The molecule has 0 saturated carbocycles. The number of rotatable bonds is 5. The Morgan fingerprint density at radius 2 is 2.00 bits per heavy atom. The van der Waals surface area contributed by atoms with Crippen molar-refractivity contribution in [2.45, 2.75) is 52.7 Å². The fourth-order valence-corrected chi connectivity index (χ4v) is 2.66. The molecule has 4 nitrogen and oxygen atoms in total. The summed E-state index contributed by atoms with van der Waals surface area (Å²) in [6, 6.07) is 4.37. The van der Waals surface area contributed by atoms with Crippen LogP contribution in [-0.2, 0) is 19.5 Å². The molecule has 0 radical (unpaired) electrons. The highest BCUT2D eigenvalue weighted by Gasteiger charge is 2.10. The molecule has 2 aromatic rings. The number of thiophene rings is 1. The van der Waals surface area contributed by atoms with Crippen LogP contribution in [0.25, 0.3) is 0 Å². The van der Waals surface area contributed by atoms with E-state index >= 15 is 0 Å². The minimum atomic E-state index is 0.105. The fourth-order valence-electron chi connectivity index (χ4n) is 1.71. The van der Waals surface area contributed by atoms with Crippen molar-refractivity contribution in [3.8, 4) is 0 Å².